The van der Waals surface area contributed by atoms with E-state index < -0.39 is 0 Å². The molecule has 0 aromatic heterocycles. The summed E-state index contributed by atoms with van der Waals surface area (Å²) in [5, 5.41) is 0. The second kappa shape index (κ2) is 4.29. The van der Waals surface area contributed by atoms with E-state index >= 15 is 0 Å². The quantitative estimate of drug-likeness (QED) is 0.674. The zero-order valence-corrected chi connectivity index (χ0v) is 12.1. The van der Waals surface area contributed by atoms with Gasteiger partial charge in [0.05, 0.1) is 0 Å². The predicted molar refractivity (Wildman–Crippen MR) is 74.7 cm³/mol. The zero-order chi connectivity index (χ0) is 13.7. The van der Waals surface area contributed by atoms with E-state index in [0.29, 0.717) is 24.0 Å². The summed E-state index contributed by atoms with van der Waals surface area (Å²) in [6, 6.07) is 0. The van der Waals surface area contributed by atoms with Crippen molar-refractivity contribution in [2.24, 2.45) is 22.7 Å². The lowest BCUT2D eigenvalue weighted by molar-refractivity contribution is -0.132. The topological polar surface area (TPSA) is 34.1 Å². The molecule has 0 heterocycles. The van der Waals surface area contributed by atoms with Crippen molar-refractivity contribution in [1.82, 2.24) is 0 Å². The standard InChI is InChI=1S/C17H24O2/c1-16(11-18)8-3-9-17(2)14-6-5-13(19)10-12(14)4-7-15(16)17/h10-11,14-15H,3-9H2,1-2H3. The van der Waals surface area contributed by atoms with E-state index in [9.17, 15) is 9.59 Å². The number of aldehydes is 1. The molecule has 2 fully saturated rings. The van der Waals surface area contributed by atoms with Gasteiger partial charge in [-0.1, -0.05) is 25.8 Å². The first-order chi connectivity index (χ1) is 8.99. The fourth-order valence-electron chi connectivity index (χ4n) is 5.33. The molecule has 0 amide bonds. The van der Waals surface area contributed by atoms with Gasteiger partial charge in [0.25, 0.3) is 0 Å². The van der Waals surface area contributed by atoms with E-state index in [4.69, 9.17) is 0 Å². The second-order valence-corrected chi connectivity index (χ2v) is 7.35. The van der Waals surface area contributed by atoms with Gasteiger partial charge >= 0.3 is 0 Å². The molecule has 0 spiro atoms. The third-order valence-corrected chi connectivity index (χ3v) is 6.28. The number of fused-ring (bicyclic) bond motifs is 3. The molecule has 3 aliphatic carbocycles. The first-order valence-corrected chi connectivity index (χ1v) is 7.69. The van der Waals surface area contributed by atoms with Gasteiger partial charge in [0, 0.05) is 11.8 Å². The lowest BCUT2D eigenvalue weighted by Gasteiger charge is -2.57. The van der Waals surface area contributed by atoms with Crippen LogP contribution < -0.4 is 0 Å². The predicted octanol–water partition coefficient (Wildman–Crippen LogP) is 3.70. The van der Waals surface area contributed by atoms with Crippen LogP contribution in [-0.4, -0.2) is 12.1 Å². The first kappa shape index (κ1) is 13.1. The Kier molecular flexibility index (Phi) is 2.95. The molecule has 2 heteroatoms. The Morgan fingerprint density at radius 1 is 1.21 bits per heavy atom. The van der Waals surface area contributed by atoms with Crippen molar-refractivity contribution in [3.63, 3.8) is 0 Å². The van der Waals surface area contributed by atoms with Crippen LogP contribution in [0.15, 0.2) is 11.6 Å². The van der Waals surface area contributed by atoms with E-state index in [1.54, 1.807) is 0 Å². The molecule has 104 valence electrons. The summed E-state index contributed by atoms with van der Waals surface area (Å²) in [6.45, 7) is 4.54. The number of ketones is 1. The largest absolute Gasteiger partial charge is 0.303 e. The number of rotatable bonds is 1. The van der Waals surface area contributed by atoms with Gasteiger partial charge in [0.2, 0.25) is 0 Å². The van der Waals surface area contributed by atoms with E-state index in [-0.39, 0.29) is 10.8 Å². The smallest absolute Gasteiger partial charge is 0.155 e. The van der Waals surface area contributed by atoms with E-state index in [1.165, 1.54) is 18.3 Å². The molecule has 0 aliphatic heterocycles. The maximum Gasteiger partial charge on any atom is 0.155 e. The first-order valence-electron chi connectivity index (χ1n) is 7.69. The molecule has 3 rings (SSSR count). The average Bonchev–Trinajstić information content (AvgIpc) is 2.38. The van der Waals surface area contributed by atoms with Gasteiger partial charge in [0.1, 0.15) is 6.29 Å². The lowest BCUT2D eigenvalue weighted by Crippen LogP contribution is -2.51. The Labute approximate surface area is 115 Å². The van der Waals surface area contributed by atoms with Crippen LogP contribution in [0.2, 0.25) is 0 Å². The highest BCUT2D eigenvalue weighted by Gasteiger charge is 2.55. The van der Waals surface area contributed by atoms with Crippen molar-refractivity contribution in [1.29, 1.82) is 0 Å². The maximum absolute atomic E-state index is 11.6. The molecule has 0 aromatic carbocycles. The van der Waals surface area contributed by atoms with Crippen molar-refractivity contribution in [2.75, 3.05) is 0 Å². The second-order valence-electron chi connectivity index (χ2n) is 7.35. The Morgan fingerprint density at radius 2 is 2.00 bits per heavy atom. The molecule has 0 bridgehead atoms. The fraction of sp³-hybridized carbons (Fsp3) is 0.765. The van der Waals surface area contributed by atoms with Crippen molar-refractivity contribution >= 4 is 12.1 Å². The van der Waals surface area contributed by atoms with Crippen molar-refractivity contribution < 1.29 is 9.59 Å². The zero-order valence-electron chi connectivity index (χ0n) is 12.1. The van der Waals surface area contributed by atoms with Gasteiger partial charge in [-0.2, -0.15) is 0 Å². The molecule has 0 aromatic rings. The van der Waals surface area contributed by atoms with Crippen LogP contribution in [0.3, 0.4) is 0 Å². The number of carbonyl (C=O) groups excluding carboxylic acids is 2. The molecule has 2 saturated carbocycles. The average molecular weight is 260 g/mol. The Morgan fingerprint density at radius 3 is 2.74 bits per heavy atom. The molecule has 0 saturated heterocycles. The van der Waals surface area contributed by atoms with Crippen LogP contribution in [0, 0.1) is 22.7 Å². The summed E-state index contributed by atoms with van der Waals surface area (Å²) in [6.07, 6.45) is 10.4. The highest BCUT2D eigenvalue weighted by molar-refractivity contribution is 5.91. The summed E-state index contributed by atoms with van der Waals surface area (Å²) >= 11 is 0. The number of allylic oxidation sites excluding steroid dienone is 2. The Hall–Kier alpha value is -0.920. The van der Waals surface area contributed by atoms with Gasteiger partial charge in [-0.25, -0.2) is 0 Å². The molecular formula is C17H24O2. The molecule has 0 N–H and O–H groups in total. The molecule has 3 aliphatic rings. The highest BCUT2D eigenvalue weighted by Crippen LogP contribution is 2.62. The third-order valence-electron chi connectivity index (χ3n) is 6.28. The SMILES string of the molecule is CC1(C=O)CCCC2(C)C3CCC(=O)C=C3CCC12. The molecule has 4 atom stereocenters. The van der Waals surface area contributed by atoms with E-state index in [2.05, 4.69) is 13.8 Å². The van der Waals surface area contributed by atoms with Crippen LogP contribution >= 0.6 is 0 Å². The minimum Gasteiger partial charge on any atom is -0.303 e. The number of carbonyl (C=O) groups is 2. The monoisotopic (exact) mass is 260 g/mol. The van der Waals surface area contributed by atoms with Crippen LogP contribution in [0.1, 0.15) is 58.8 Å². The summed E-state index contributed by atoms with van der Waals surface area (Å²) in [5.74, 6) is 1.35. The van der Waals surface area contributed by atoms with Crippen molar-refractivity contribution in [3.05, 3.63) is 11.6 Å². The molecule has 0 radical (unpaired) electrons. The molecule has 4 unspecified atom stereocenters. The maximum atomic E-state index is 11.6. The van der Waals surface area contributed by atoms with Gasteiger partial charge in [-0.15, -0.1) is 0 Å². The number of hydrogen-bond donors (Lipinski definition) is 0. The van der Waals surface area contributed by atoms with Gasteiger partial charge in [-0.05, 0) is 55.4 Å². The Bertz CT molecular complexity index is 450. The summed E-state index contributed by atoms with van der Waals surface area (Å²) in [4.78, 5) is 23.3. The minimum absolute atomic E-state index is 0.139. The fourth-order valence-corrected chi connectivity index (χ4v) is 5.33. The summed E-state index contributed by atoms with van der Waals surface area (Å²) in [5.41, 5.74) is 1.48. The van der Waals surface area contributed by atoms with Crippen LogP contribution in [-0.2, 0) is 9.59 Å². The summed E-state index contributed by atoms with van der Waals surface area (Å²) in [7, 11) is 0. The van der Waals surface area contributed by atoms with Gasteiger partial charge in [-0.3, -0.25) is 4.79 Å². The Balaban J connectivity index is 2.00. The van der Waals surface area contributed by atoms with Gasteiger partial charge in [0.15, 0.2) is 5.78 Å². The normalized spacial score (nSPS) is 46.0. The molecule has 2 nitrogen and oxygen atoms in total. The van der Waals surface area contributed by atoms with Crippen molar-refractivity contribution in [2.45, 2.75) is 58.8 Å². The summed E-state index contributed by atoms with van der Waals surface area (Å²) < 4.78 is 0. The highest BCUT2D eigenvalue weighted by atomic mass is 16.1. The molecular weight excluding hydrogens is 236 g/mol. The van der Waals surface area contributed by atoms with E-state index in [1.807, 2.05) is 6.08 Å². The van der Waals surface area contributed by atoms with Gasteiger partial charge < -0.3 is 4.79 Å². The lowest BCUT2D eigenvalue weighted by atomic mass is 9.46. The van der Waals surface area contributed by atoms with Crippen LogP contribution in [0.25, 0.3) is 0 Å². The van der Waals surface area contributed by atoms with Crippen LogP contribution in [0.5, 0.6) is 0 Å². The van der Waals surface area contributed by atoms with E-state index in [0.717, 1.165) is 32.1 Å². The van der Waals surface area contributed by atoms with Crippen molar-refractivity contribution in [3.8, 4) is 0 Å². The third kappa shape index (κ3) is 1.83. The molecule has 19 heavy (non-hydrogen) atoms. The van der Waals surface area contributed by atoms with Crippen LogP contribution in [0.4, 0.5) is 0 Å². The number of hydrogen-bond acceptors (Lipinski definition) is 2. The minimum atomic E-state index is -0.139.